The maximum absolute atomic E-state index is 12.8. The molecular formula is C28H27N5O4. The van der Waals surface area contributed by atoms with Crippen molar-refractivity contribution in [2.75, 3.05) is 0 Å². The average Bonchev–Trinajstić information content (AvgIpc) is 3.45. The summed E-state index contributed by atoms with van der Waals surface area (Å²) >= 11 is 0. The number of imidazole rings is 1. The number of nitrogens with zero attached hydrogens (tertiary/aromatic N) is 2. The molecule has 0 unspecified atom stereocenters. The fraction of sp³-hybridized carbons (Fsp3) is 0.143. The number of ether oxygens (including phenoxy) is 2. The number of aromatic amines is 1. The number of hydrogen-bond donors (Lipinski definition) is 3. The van der Waals surface area contributed by atoms with Crippen molar-refractivity contribution in [3.63, 3.8) is 0 Å². The van der Waals surface area contributed by atoms with Gasteiger partial charge in [0.25, 0.3) is 5.91 Å². The van der Waals surface area contributed by atoms with Crippen molar-refractivity contribution in [1.82, 2.24) is 20.7 Å². The molecule has 0 radical (unpaired) electrons. The van der Waals surface area contributed by atoms with Gasteiger partial charge in [0.05, 0.1) is 12.5 Å². The number of benzene rings is 3. The number of amides is 2. The number of H-pyrrole nitrogens is 1. The fourth-order valence-electron chi connectivity index (χ4n) is 3.37. The zero-order chi connectivity index (χ0) is 25.7. The minimum Gasteiger partial charge on any atom is -0.489 e. The van der Waals surface area contributed by atoms with E-state index in [2.05, 4.69) is 25.8 Å². The second kappa shape index (κ2) is 13.2. The maximum Gasteiger partial charge on any atom is 0.408 e. The number of carbonyl (C=O) groups excluding carboxylic acids is 2. The molecule has 0 bridgehead atoms. The predicted octanol–water partition coefficient (Wildman–Crippen LogP) is 3.98. The first-order valence-electron chi connectivity index (χ1n) is 11.7. The molecule has 0 aliphatic rings. The van der Waals surface area contributed by atoms with Crippen LogP contribution in [0.3, 0.4) is 0 Å². The molecule has 2 amide bonds. The Hall–Kier alpha value is -4.92. The van der Waals surface area contributed by atoms with Crippen LogP contribution in [0.1, 0.15) is 22.4 Å². The molecule has 1 aromatic heterocycles. The van der Waals surface area contributed by atoms with Crippen molar-refractivity contribution in [3.05, 3.63) is 120 Å². The number of alkyl carbamates (subject to hydrolysis) is 1. The van der Waals surface area contributed by atoms with Crippen LogP contribution in [0.4, 0.5) is 4.79 Å². The van der Waals surface area contributed by atoms with Gasteiger partial charge < -0.3 is 19.8 Å². The van der Waals surface area contributed by atoms with Crippen LogP contribution in [0.25, 0.3) is 0 Å². The molecule has 0 aliphatic heterocycles. The van der Waals surface area contributed by atoms with Crippen molar-refractivity contribution in [3.8, 4) is 5.75 Å². The van der Waals surface area contributed by atoms with E-state index in [-0.39, 0.29) is 13.0 Å². The highest BCUT2D eigenvalue weighted by Crippen LogP contribution is 2.13. The fourth-order valence-corrected chi connectivity index (χ4v) is 3.37. The molecule has 0 aliphatic carbocycles. The van der Waals surface area contributed by atoms with Gasteiger partial charge in [0, 0.05) is 18.3 Å². The predicted molar refractivity (Wildman–Crippen MR) is 139 cm³/mol. The van der Waals surface area contributed by atoms with E-state index >= 15 is 0 Å². The summed E-state index contributed by atoms with van der Waals surface area (Å²) in [5.74, 6) is 0.230. The second-order valence-corrected chi connectivity index (χ2v) is 8.12. The molecule has 9 heteroatoms. The monoisotopic (exact) mass is 497 g/mol. The molecule has 3 N–H and O–H groups in total. The average molecular weight is 498 g/mol. The lowest BCUT2D eigenvalue weighted by atomic mass is 10.1. The summed E-state index contributed by atoms with van der Waals surface area (Å²) in [5, 5.41) is 6.63. The zero-order valence-electron chi connectivity index (χ0n) is 20.0. The molecule has 1 atom stereocenters. The zero-order valence-corrected chi connectivity index (χ0v) is 20.0. The van der Waals surface area contributed by atoms with E-state index in [0.29, 0.717) is 12.3 Å². The van der Waals surface area contributed by atoms with Gasteiger partial charge in [0.15, 0.2) is 0 Å². The minimum atomic E-state index is -0.922. The quantitative estimate of drug-likeness (QED) is 0.214. The first-order chi connectivity index (χ1) is 18.2. The molecule has 0 fully saturated rings. The lowest BCUT2D eigenvalue weighted by Gasteiger charge is -2.16. The minimum absolute atomic E-state index is 0.0915. The van der Waals surface area contributed by atoms with Crippen LogP contribution in [-0.4, -0.2) is 34.2 Å². The SMILES string of the molecule is O=C(N[C@H](Cc1cnc[nH]1)C(=O)N/N=C\c1ccc(OCc2ccccc2)cc1)OCc1ccccc1. The normalized spacial score (nSPS) is 11.6. The third-order valence-electron chi connectivity index (χ3n) is 5.32. The number of nitrogens with one attached hydrogen (secondary N) is 3. The molecule has 1 heterocycles. The largest absolute Gasteiger partial charge is 0.489 e. The van der Waals surface area contributed by atoms with Crippen molar-refractivity contribution in [1.29, 1.82) is 0 Å². The van der Waals surface area contributed by atoms with Crippen LogP contribution in [-0.2, 0) is 29.2 Å². The molecule has 4 rings (SSSR count). The van der Waals surface area contributed by atoms with Gasteiger partial charge in [-0.1, -0.05) is 60.7 Å². The Morgan fingerprint density at radius 2 is 1.59 bits per heavy atom. The summed E-state index contributed by atoms with van der Waals surface area (Å²) in [6.45, 7) is 0.567. The number of hydrogen-bond acceptors (Lipinski definition) is 6. The summed E-state index contributed by atoms with van der Waals surface area (Å²) in [5.41, 5.74) is 5.85. The van der Waals surface area contributed by atoms with E-state index in [1.807, 2.05) is 84.9 Å². The van der Waals surface area contributed by atoms with E-state index in [1.54, 1.807) is 6.20 Å². The maximum atomic E-state index is 12.8. The number of hydrazone groups is 1. The first kappa shape index (κ1) is 25.2. The van der Waals surface area contributed by atoms with Crippen LogP contribution in [0.5, 0.6) is 5.75 Å². The molecule has 9 nitrogen and oxygen atoms in total. The van der Waals surface area contributed by atoms with Crippen molar-refractivity contribution >= 4 is 18.2 Å². The van der Waals surface area contributed by atoms with Crippen LogP contribution in [0, 0.1) is 0 Å². The lowest BCUT2D eigenvalue weighted by Crippen LogP contribution is -2.47. The summed E-state index contributed by atoms with van der Waals surface area (Å²) in [7, 11) is 0. The van der Waals surface area contributed by atoms with Gasteiger partial charge in [0.2, 0.25) is 0 Å². The second-order valence-electron chi connectivity index (χ2n) is 8.12. The molecule has 37 heavy (non-hydrogen) atoms. The van der Waals surface area contributed by atoms with Crippen molar-refractivity contribution < 1.29 is 19.1 Å². The number of carbonyl (C=O) groups is 2. The third-order valence-corrected chi connectivity index (χ3v) is 5.32. The Morgan fingerprint density at radius 3 is 2.24 bits per heavy atom. The summed E-state index contributed by atoms with van der Waals surface area (Å²) in [6, 6.07) is 25.6. The lowest BCUT2D eigenvalue weighted by molar-refractivity contribution is -0.123. The van der Waals surface area contributed by atoms with Crippen LogP contribution in [0.15, 0.2) is 103 Å². The van der Waals surface area contributed by atoms with Gasteiger partial charge in [-0.25, -0.2) is 15.2 Å². The van der Waals surface area contributed by atoms with Crippen molar-refractivity contribution in [2.45, 2.75) is 25.7 Å². The molecule has 0 saturated carbocycles. The summed E-state index contributed by atoms with van der Waals surface area (Å²) in [4.78, 5) is 32.0. The molecule has 4 aromatic rings. The van der Waals surface area contributed by atoms with E-state index in [0.717, 1.165) is 22.4 Å². The third kappa shape index (κ3) is 8.36. The van der Waals surface area contributed by atoms with Gasteiger partial charge in [-0.05, 0) is 41.0 Å². The topological polar surface area (TPSA) is 118 Å². The Labute approximate surface area is 214 Å². The van der Waals surface area contributed by atoms with E-state index in [1.165, 1.54) is 12.5 Å². The van der Waals surface area contributed by atoms with Crippen LogP contribution < -0.4 is 15.5 Å². The van der Waals surface area contributed by atoms with Crippen LogP contribution in [0.2, 0.25) is 0 Å². The van der Waals surface area contributed by atoms with E-state index < -0.39 is 18.0 Å². The Bertz CT molecular complexity index is 1280. The van der Waals surface area contributed by atoms with Crippen molar-refractivity contribution in [2.24, 2.45) is 5.10 Å². The van der Waals surface area contributed by atoms with Crippen LogP contribution >= 0.6 is 0 Å². The van der Waals surface area contributed by atoms with Gasteiger partial charge in [-0.15, -0.1) is 0 Å². The molecule has 0 spiro atoms. The molecular weight excluding hydrogens is 470 g/mol. The number of aromatic nitrogens is 2. The van der Waals surface area contributed by atoms with Gasteiger partial charge in [-0.3, -0.25) is 4.79 Å². The summed E-state index contributed by atoms with van der Waals surface area (Å²) in [6.07, 6.45) is 4.08. The van der Waals surface area contributed by atoms with Gasteiger partial charge >= 0.3 is 6.09 Å². The van der Waals surface area contributed by atoms with Gasteiger partial charge in [-0.2, -0.15) is 5.10 Å². The Kier molecular flexibility index (Phi) is 9.01. The standard InChI is InChI=1S/C28H27N5O4/c34-27(33-31-16-21-11-13-25(14-12-21)36-18-22-7-3-1-4-8-22)26(15-24-17-29-20-30-24)32-28(35)37-19-23-9-5-2-6-10-23/h1-14,16-17,20,26H,15,18-19H2,(H,29,30)(H,32,35)(H,33,34)/b31-16-/t26-/m1/s1. The number of rotatable bonds is 11. The Balaban J connectivity index is 1.29. The molecule has 3 aromatic carbocycles. The van der Waals surface area contributed by atoms with E-state index in [9.17, 15) is 9.59 Å². The highest BCUT2D eigenvalue weighted by atomic mass is 16.5. The summed E-state index contributed by atoms with van der Waals surface area (Å²) < 4.78 is 11.0. The smallest absolute Gasteiger partial charge is 0.408 e. The first-order valence-corrected chi connectivity index (χ1v) is 11.7. The van der Waals surface area contributed by atoms with Gasteiger partial charge in [0.1, 0.15) is 25.0 Å². The Morgan fingerprint density at radius 1 is 0.919 bits per heavy atom. The highest BCUT2D eigenvalue weighted by Gasteiger charge is 2.22. The highest BCUT2D eigenvalue weighted by molar-refractivity contribution is 5.87. The molecule has 0 saturated heterocycles. The molecule has 188 valence electrons. The van der Waals surface area contributed by atoms with E-state index in [4.69, 9.17) is 9.47 Å².